The summed E-state index contributed by atoms with van der Waals surface area (Å²) < 4.78 is 0. The predicted octanol–water partition coefficient (Wildman–Crippen LogP) is 2.15. The number of carbonyl (C=O) groups excluding carboxylic acids is 1. The van der Waals surface area contributed by atoms with Gasteiger partial charge >= 0.3 is 0 Å². The van der Waals surface area contributed by atoms with E-state index < -0.39 is 0 Å². The summed E-state index contributed by atoms with van der Waals surface area (Å²) >= 11 is 0. The Morgan fingerprint density at radius 3 is 2.78 bits per heavy atom. The minimum atomic E-state index is -0.332. The topological polar surface area (TPSA) is 40.5 Å². The third-order valence-corrected chi connectivity index (χ3v) is 4.03. The first-order valence-corrected chi connectivity index (χ1v) is 6.54. The molecule has 0 radical (unpaired) electrons. The van der Waals surface area contributed by atoms with Crippen molar-refractivity contribution in [2.24, 2.45) is 5.92 Å². The molecule has 3 nitrogen and oxygen atoms in total. The number of likely N-dealkylation sites (tertiary alicyclic amines) is 1. The zero-order valence-corrected chi connectivity index (χ0v) is 11.3. The lowest BCUT2D eigenvalue weighted by molar-refractivity contribution is 0.0761. The van der Waals surface area contributed by atoms with Crippen LogP contribution in [0.15, 0.2) is 18.2 Å². The number of hydrogen-bond acceptors (Lipinski definition) is 2. The molecule has 0 spiro atoms. The summed E-state index contributed by atoms with van der Waals surface area (Å²) in [6.07, 6.45) is 0.565. The Kier molecular flexibility index (Phi) is 3.71. The first kappa shape index (κ1) is 13.1. The van der Waals surface area contributed by atoms with Crippen molar-refractivity contribution in [1.29, 1.82) is 0 Å². The molecule has 1 fully saturated rings. The van der Waals surface area contributed by atoms with Gasteiger partial charge in [-0.3, -0.25) is 4.79 Å². The van der Waals surface area contributed by atoms with Gasteiger partial charge in [-0.1, -0.05) is 12.1 Å². The molecule has 0 bridgehead atoms. The van der Waals surface area contributed by atoms with Crippen LogP contribution < -0.4 is 0 Å². The van der Waals surface area contributed by atoms with E-state index in [1.165, 1.54) is 0 Å². The summed E-state index contributed by atoms with van der Waals surface area (Å²) in [5, 5.41) is 9.58. The van der Waals surface area contributed by atoms with E-state index in [-0.39, 0.29) is 17.9 Å². The van der Waals surface area contributed by atoms with Crippen LogP contribution in [0, 0.1) is 19.8 Å². The molecule has 1 heterocycles. The van der Waals surface area contributed by atoms with Crippen LogP contribution in [-0.2, 0) is 0 Å². The SMILES string of the molecule is Cc1cccc(C(=O)N2CCC(C(C)O)C2)c1C. The van der Waals surface area contributed by atoms with Gasteiger partial charge in [0.25, 0.3) is 5.91 Å². The maximum Gasteiger partial charge on any atom is 0.254 e. The lowest BCUT2D eigenvalue weighted by Gasteiger charge is -2.19. The molecule has 1 amide bonds. The third-order valence-electron chi connectivity index (χ3n) is 4.03. The van der Waals surface area contributed by atoms with Crippen molar-refractivity contribution in [3.05, 3.63) is 34.9 Å². The van der Waals surface area contributed by atoms with Gasteiger partial charge in [0.1, 0.15) is 0 Å². The largest absolute Gasteiger partial charge is 0.393 e. The minimum Gasteiger partial charge on any atom is -0.393 e. The van der Waals surface area contributed by atoms with Gasteiger partial charge in [-0.25, -0.2) is 0 Å². The number of aliphatic hydroxyl groups excluding tert-OH is 1. The van der Waals surface area contributed by atoms with Gasteiger partial charge in [0, 0.05) is 24.6 Å². The predicted molar refractivity (Wildman–Crippen MR) is 71.6 cm³/mol. The van der Waals surface area contributed by atoms with E-state index in [9.17, 15) is 9.90 Å². The molecule has 0 aliphatic carbocycles. The van der Waals surface area contributed by atoms with E-state index in [0.717, 1.165) is 29.7 Å². The molecule has 1 aromatic rings. The fourth-order valence-corrected chi connectivity index (χ4v) is 2.52. The normalized spacial score (nSPS) is 21.1. The van der Waals surface area contributed by atoms with E-state index in [1.807, 2.05) is 36.9 Å². The first-order chi connectivity index (χ1) is 8.50. The molecule has 1 aliphatic heterocycles. The minimum absolute atomic E-state index is 0.0966. The maximum atomic E-state index is 12.4. The quantitative estimate of drug-likeness (QED) is 0.870. The number of aliphatic hydroxyl groups is 1. The Labute approximate surface area is 108 Å². The van der Waals surface area contributed by atoms with Crippen LogP contribution in [0.2, 0.25) is 0 Å². The van der Waals surface area contributed by atoms with Crippen LogP contribution in [0.4, 0.5) is 0 Å². The molecule has 18 heavy (non-hydrogen) atoms. The van der Waals surface area contributed by atoms with Gasteiger partial charge in [0.15, 0.2) is 0 Å². The van der Waals surface area contributed by atoms with Crippen LogP contribution in [-0.4, -0.2) is 35.1 Å². The lowest BCUT2D eigenvalue weighted by atomic mass is 10.0. The molecular formula is C15H21NO2. The summed E-state index contributed by atoms with van der Waals surface area (Å²) in [6, 6.07) is 5.84. The molecule has 2 rings (SSSR count). The highest BCUT2D eigenvalue weighted by Crippen LogP contribution is 2.23. The molecule has 98 valence electrons. The van der Waals surface area contributed by atoms with Crippen LogP contribution in [0.5, 0.6) is 0 Å². The highest BCUT2D eigenvalue weighted by molar-refractivity contribution is 5.96. The summed E-state index contributed by atoms with van der Waals surface area (Å²) in [5.41, 5.74) is 3.00. The second-order valence-electron chi connectivity index (χ2n) is 5.29. The number of rotatable bonds is 2. The van der Waals surface area contributed by atoms with Crippen LogP contribution in [0.3, 0.4) is 0 Å². The van der Waals surface area contributed by atoms with Crippen molar-refractivity contribution in [3.8, 4) is 0 Å². The lowest BCUT2D eigenvalue weighted by Crippen LogP contribution is -2.31. The van der Waals surface area contributed by atoms with Crippen molar-refractivity contribution in [2.45, 2.75) is 33.3 Å². The molecule has 3 heteroatoms. The average Bonchev–Trinajstić information content (AvgIpc) is 2.81. The molecule has 2 atom stereocenters. The molecule has 0 aromatic heterocycles. The molecule has 1 saturated heterocycles. The average molecular weight is 247 g/mol. The number of nitrogens with zero attached hydrogens (tertiary/aromatic N) is 1. The summed E-state index contributed by atoms with van der Waals surface area (Å²) in [6.45, 7) is 7.24. The molecular weight excluding hydrogens is 226 g/mol. The molecule has 1 aliphatic rings. The number of carbonyl (C=O) groups is 1. The number of aryl methyl sites for hydroxylation is 1. The highest BCUT2D eigenvalue weighted by atomic mass is 16.3. The van der Waals surface area contributed by atoms with Crippen molar-refractivity contribution in [3.63, 3.8) is 0 Å². The van der Waals surface area contributed by atoms with E-state index in [2.05, 4.69) is 0 Å². The van der Waals surface area contributed by atoms with Gasteiger partial charge in [-0.2, -0.15) is 0 Å². The maximum absolute atomic E-state index is 12.4. The Morgan fingerprint density at radius 1 is 1.44 bits per heavy atom. The second kappa shape index (κ2) is 5.11. The Morgan fingerprint density at radius 2 is 2.17 bits per heavy atom. The Bertz CT molecular complexity index is 454. The van der Waals surface area contributed by atoms with Crippen molar-refractivity contribution < 1.29 is 9.90 Å². The standard InChI is InChI=1S/C15H21NO2/c1-10-5-4-6-14(11(10)2)15(18)16-8-7-13(9-16)12(3)17/h4-6,12-13,17H,7-9H2,1-3H3. The fourth-order valence-electron chi connectivity index (χ4n) is 2.52. The number of hydrogen-bond donors (Lipinski definition) is 1. The number of amides is 1. The Balaban J connectivity index is 2.16. The molecule has 0 saturated carbocycles. The highest BCUT2D eigenvalue weighted by Gasteiger charge is 2.30. The van der Waals surface area contributed by atoms with Crippen LogP contribution in [0.1, 0.15) is 34.8 Å². The van der Waals surface area contributed by atoms with E-state index in [4.69, 9.17) is 0 Å². The van der Waals surface area contributed by atoms with Gasteiger partial charge in [0.05, 0.1) is 6.10 Å². The molecule has 1 aromatic carbocycles. The summed E-state index contributed by atoms with van der Waals surface area (Å²) in [7, 11) is 0. The third kappa shape index (κ3) is 2.41. The zero-order valence-electron chi connectivity index (χ0n) is 11.3. The van der Waals surface area contributed by atoms with Gasteiger partial charge in [-0.15, -0.1) is 0 Å². The fraction of sp³-hybridized carbons (Fsp3) is 0.533. The van der Waals surface area contributed by atoms with Gasteiger partial charge < -0.3 is 10.0 Å². The van der Waals surface area contributed by atoms with E-state index >= 15 is 0 Å². The zero-order chi connectivity index (χ0) is 13.3. The van der Waals surface area contributed by atoms with Gasteiger partial charge in [0.2, 0.25) is 0 Å². The second-order valence-corrected chi connectivity index (χ2v) is 5.29. The van der Waals surface area contributed by atoms with Crippen molar-refractivity contribution >= 4 is 5.91 Å². The van der Waals surface area contributed by atoms with Crippen molar-refractivity contribution in [1.82, 2.24) is 4.90 Å². The molecule has 2 unspecified atom stereocenters. The van der Waals surface area contributed by atoms with Gasteiger partial charge in [-0.05, 0) is 44.4 Å². The van der Waals surface area contributed by atoms with Crippen LogP contribution in [0.25, 0.3) is 0 Å². The summed E-state index contributed by atoms with van der Waals surface area (Å²) in [5.74, 6) is 0.318. The van der Waals surface area contributed by atoms with E-state index in [1.54, 1.807) is 6.92 Å². The first-order valence-electron chi connectivity index (χ1n) is 6.54. The smallest absolute Gasteiger partial charge is 0.254 e. The Hall–Kier alpha value is -1.35. The van der Waals surface area contributed by atoms with Crippen molar-refractivity contribution in [2.75, 3.05) is 13.1 Å². The van der Waals surface area contributed by atoms with E-state index in [0.29, 0.717) is 6.54 Å². The monoisotopic (exact) mass is 247 g/mol. The number of benzene rings is 1. The summed E-state index contributed by atoms with van der Waals surface area (Å²) in [4.78, 5) is 14.3. The molecule has 1 N–H and O–H groups in total. The van der Waals surface area contributed by atoms with Crippen LogP contribution >= 0.6 is 0 Å².